The number of benzene rings is 1. The highest BCUT2D eigenvalue weighted by Gasteiger charge is 2.18. The molecule has 1 heterocycles. The van der Waals surface area contributed by atoms with Crippen LogP contribution in [0.4, 0.5) is 0 Å². The minimum atomic E-state index is -0.851. The summed E-state index contributed by atoms with van der Waals surface area (Å²) < 4.78 is 11.4. The predicted octanol–water partition coefficient (Wildman–Crippen LogP) is 4.00. The third-order valence-electron chi connectivity index (χ3n) is 3.50. The number of hydrogen-bond acceptors (Lipinski definition) is 5. The van der Waals surface area contributed by atoms with Gasteiger partial charge in [-0.3, -0.25) is 9.59 Å². The van der Waals surface area contributed by atoms with Crippen LogP contribution in [0.1, 0.15) is 23.8 Å². The zero-order valence-corrected chi connectivity index (χ0v) is 16.7. The SMILES string of the molecule is Cc1cc(SCC(=O)OC(C)C(=O)NCc2ccco2)c(C)cc1Br. The van der Waals surface area contributed by atoms with Crippen molar-refractivity contribution in [3.63, 3.8) is 0 Å². The first-order chi connectivity index (χ1) is 11.9. The molecule has 0 aliphatic carbocycles. The molecule has 0 saturated heterocycles. The van der Waals surface area contributed by atoms with E-state index < -0.39 is 12.1 Å². The number of rotatable bonds is 7. The van der Waals surface area contributed by atoms with E-state index in [-0.39, 0.29) is 18.2 Å². The van der Waals surface area contributed by atoms with Gasteiger partial charge in [-0.25, -0.2) is 0 Å². The summed E-state index contributed by atoms with van der Waals surface area (Å²) in [6.07, 6.45) is 0.685. The molecule has 1 unspecified atom stereocenters. The molecule has 1 aromatic heterocycles. The summed E-state index contributed by atoms with van der Waals surface area (Å²) in [5, 5.41) is 2.66. The Balaban J connectivity index is 1.79. The fourth-order valence-corrected chi connectivity index (χ4v) is 3.41. The molecular weight excluding hydrogens is 406 g/mol. The maximum atomic E-state index is 12.0. The average molecular weight is 426 g/mol. The van der Waals surface area contributed by atoms with Crippen molar-refractivity contribution in [2.75, 3.05) is 5.75 Å². The molecule has 0 aliphatic heterocycles. The number of carbonyl (C=O) groups excluding carboxylic acids is 2. The van der Waals surface area contributed by atoms with Crippen molar-refractivity contribution in [1.82, 2.24) is 5.32 Å². The van der Waals surface area contributed by atoms with Crippen molar-refractivity contribution in [3.8, 4) is 0 Å². The van der Waals surface area contributed by atoms with Crippen LogP contribution in [0.15, 0.2) is 44.3 Å². The van der Waals surface area contributed by atoms with Crippen molar-refractivity contribution < 1.29 is 18.7 Å². The molecule has 1 atom stereocenters. The molecule has 2 rings (SSSR count). The number of amides is 1. The standard InChI is InChI=1S/C18H20BrNO4S/c1-11-8-16(12(2)7-15(11)19)25-10-17(21)24-13(3)18(22)20-9-14-5-4-6-23-14/h4-8,13H,9-10H2,1-3H3,(H,20,22). The third kappa shape index (κ3) is 5.93. The molecule has 2 aromatic rings. The summed E-state index contributed by atoms with van der Waals surface area (Å²) in [4.78, 5) is 24.9. The fraction of sp³-hybridized carbons (Fsp3) is 0.333. The molecule has 1 amide bonds. The summed E-state index contributed by atoms with van der Waals surface area (Å²) in [7, 11) is 0. The number of ether oxygens (including phenoxy) is 1. The summed E-state index contributed by atoms with van der Waals surface area (Å²) >= 11 is 4.89. The number of nitrogens with one attached hydrogen (secondary N) is 1. The number of hydrogen-bond donors (Lipinski definition) is 1. The van der Waals surface area contributed by atoms with E-state index in [1.54, 1.807) is 19.1 Å². The summed E-state index contributed by atoms with van der Waals surface area (Å²) in [5.74, 6) is 0.0112. The van der Waals surface area contributed by atoms with E-state index in [1.165, 1.54) is 18.0 Å². The van der Waals surface area contributed by atoms with Crippen molar-refractivity contribution in [2.24, 2.45) is 0 Å². The van der Waals surface area contributed by atoms with Gasteiger partial charge in [0.2, 0.25) is 0 Å². The summed E-state index contributed by atoms with van der Waals surface area (Å²) in [5.41, 5.74) is 2.19. The second-order valence-electron chi connectivity index (χ2n) is 5.58. The lowest BCUT2D eigenvalue weighted by Gasteiger charge is -2.13. The van der Waals surface area contributed by atoms with E-state index in [0.29, 0.717) is 5.76 Å². The minimum Gasteiger partial charge on any atom is -0.467 e. The molecule has 0 radical (unpaired) electrons. The van der Waals surface area contributed by atoms with E-state index in [4.69, 9.17) is 9.15 Å². The van der Waals surface area contributed by atoms with Crippen LogP contribution in [0.5, 0.6) is 0 Å². The van der Waals surface area contributed by atoms with Gasteiger partial charge in [0.15, 0.2) is 6.10 Å². The third-order valence-corrected chi connectivity index (χ3v) is 5.48. The number of carbonyl (C=O) groups is 2. The smallest absolute Gasteiger partial charge is 0.317 e. The van der Waals surface area contributed by atoms with Crippen molar-refractivity contribution in [2.45, 2.75) is 38.3 Å². The largest absolute Gasteiger partial charge is 0.467 e. The van der Waals surface area contributed by atoms with Gasteiger partial charge < -0.3 is 14.5 Å². The molecular formula is C18H20BrNO4S. The highest BCUT2D eigenvalue weighted by Crippen LogP contribution is 2.28. The van der Waals surface area contributed by atoms with E-state index in [2.05, 4.69) is 21.2 Å². The molecule has 0 spiro atoms. The Labute approximate surface area is 159 Å². The molecule has 7 heteroatoms. The van der Waals surface area contributed by atoms with Crippen LogP contribution in [0.2, 0.25) is 0 Å². The van der Waals surface area contributed by atoms with Crippen LogP contribution in [-0.4, -0.2) is 23.7 Å². The molecule has 0 bridgehead atoms. The van der Waals surface area contributed by atoms with E-state index in [9.17, 15) is 9.59 Å². The van der Waals surface area contributed by atoms with Gasteiger partial charge in [-0.1, -0.05) is 15.9 Å². The molecule has 0 aliphatic rings. The number of esters is 1. The van der Waals surface area contributed by atoms with Crippen LogP contribution in [-0.2, 0) is 20.9 Å². The van der Waals surface area contributed by atoms with Crippen LogP contribution < -0.4 is 5.32 Å². The van der Waals surface area contributed by atoms with Gasteiger partial charge in [-0.05, 0) is 56.2 Å². The van der Waals surface area contributed by atoms with Gasteiger partial charge in [0.25, 0.3) is 5.91 Å². The van der Waals surface area contributed by atoms with Crippen molar-refractivity contribution >= 4 is 39.6 Å². The van der Waals surface area contributed by atoms with Gasteiger partial charge in [0.1, 0.15) is 5.76 Å². The Morgan fingerprint density at radius 2 is 2.08 bits per heavy atom. The molecule has 0 fully saturated rings. The van der Waals surface area contributed by atoms with Gasteiger partial charge in [0, 0.05) is 9.37 Å². The average Bonchev–Trinajstić information content (AvgIpc) is 3.08. The Bertz CT molecular complexity index is 746. The fourth-order valence-electron chi connectivity index (χ4n) is 2.06. The van der Waals surface area contributed by atoms with Crippen molar-refractivity contribution in [3.05, 3.63) is 51.9 Å². The van der Waals surface area contributed by atoms with Gasteiger partial charge in [-0.2, -0.15) is 0 Å². The topological polar surface area (TPSA) is 68.5 Å². The van der Waals surface area contributed by atoms with E-state index >= 15 is 0 Å². The Morgan fingerprint density at radius 1 is 1.32 bits per heavy atom. The van der Waals surface area contributed by atoms with E-state index in [1.807, 2.05) is 26.0 Å². The Morgan fingerprint density at radius 3 is 2.76 bits per heavy atom. The molecule has 5 nitrogen and oxygen atoms in total. The molecule has 1 N–H and O–H groups in total. The Kier molecular flexibility index (Phi) is 7.13. The maximum absolute atomic E-state index is 12.0. The minimum absolute atomic E-state index is 0.151. The number of halogens is 1. The number of aryl methyl sites for hydroxylation is 2. The molecule has 25 heavy (non-hydrogen) atoms. The first-order valence-corrected chi connectivity index (χ1v) is 9.54. The zero-order chi connectivity index (χ0) is 18.4. The zero-order valence-electron chi connectivity index (χ0n) is 14.3. The van der Waals surface area contributed by atoms with E-state index in [0.717, 1.165) is 20.5 Å². The quantitative estimate of drug-likeness (QED) is 0.536. The Hall–Kier alpha value is -1.73. The molecule has 0 saturated carbocycles. The number of furan rings is 1. The lowest BCUT2D eigenvalue weighted by Crippen LogP contribution is -2.35. The predicted molar refractivity (Wildman–Crippen MR) is 100 cm³/mol. The van der Waals surface area contributed by atoms with Crippen LogP contribution >= 0.6 is 27.7 Å². The highest BCUT2D eigenvalue weighted by atomic mass is 79.9. The van der Waals surface area contributed by atoms with Gasteiger partial charge >= 0.3 is 5.97 Å². The second-order valence-corrected chi connectivity index (χ2v) is 7.46. The summed E-state index contributed by atoms with van der Waals surface area (Å²) in [6, 6.07) is 7.55. The summed E-state index contributed by atoms with van der Waals surface area (Å²) in [6.45, 7) is 5.80. The van der Waals surface area contributed by atoms with Crippen LogP contribution in [0.3, 0.4) is 0 Å². The first-order valence-electron chi connectivity index (χ1n) is 7.76. The lowest BCUT2D eigenvalue weighted by atomic mass is 10.2. The van der Waals surface area contributed by atoms with Gasteiger partial charge in [0.05, 0.1) is 18.6 Å². The molecule has 1 aromatic carbocycles. The lowest BCUT2D eigenvalue weighted by molar-refractivity contribution is -0.152. The van der Waals surface area contributed by atoms with Crippen LogP contribution in [0, 0.1) is 13.8 Å². The van der Waals surface area contributed by atoms with Crippen molar-refractivity contribution in [1.29, 1.82) is 0 Å². The highest BCUT2D eigenvalue weighted by molar-refractivity contribution is 9.10. The first kappa shape index (κ1) is 19.6. The number of thioether (sulfide) groups is 1. The maximum Gasteiger partial charge on any atom is 0.317 e. The normalized spacial score (nSPS) is 11.8. The second kappa shape index (κ2) is 9.10. The van der Waals surface area contributed by atoms with Gasteiger partial charge in [-0.15, -0.1) is 11.8 Å². The van der Waals surface area contributed by atoms with Crippen LogP contribution in [0.25, 0.3) is 0 Å². The monoisotopic (exact) mass is 425 g/mol. The molecule has 134 valence electrons.